The maximum Gasteiger partial charge on any atom is 0.379 e. The van der Waals surface area contributed by atoms with Crippen LogP contribution in [0.4, 0.5) is 13.2 Å². The summed E-state index contributed by atoms with van der Waals surface area (Å²) in [6.45, 7) is 2.42. The summed E-state index contributed by atoms with van der Waals surface area (Å²) in [4.78, 5) is 22.5. The zero-order valence-corrected chi connectivity index (χ0v) is 15.2. The third kappa shape index (κ3) is 8.51. The van der Waals surface area contributed by atoms with Gasteiger partial charge in [-0.25, -0.2) is 4.79 Å². The molecule has 0 saturated carbocycles. The third-order valence-electron chi connectivity index (χ3n) is 4.33. The second-order valence-corrected chi connectivity index (χ2v) is 6.27. The van der Waals surface area contributed by atoms with Gasteiger partial charge in [0.05, 0.1) is 5.41 Å². The Morgan fingerprint density at radius 2 is 1.81 bits per heavy atom. The summed E-state index contributed by atoms with van der Waals surface area (Å²) in [6.07, 6.45) is 9.73. The number of rotatable bonds is 5. The number of carboxylic acid groups (broad SMARTS) is 2. The van der Waals surface area contributed by atoms with E-state index in [1.165, 1.54) is 38.1 Å². The maximum atomic E-state index is 11.3. The van der Waals surface area contributed by atoms with Crippen LogP contribution in [0.5, 0.6) is 0 Å². The van der Waals surface area contributed by atoms with Crippen LogP contribution in [0.1, 0.15) is 46.0 Å². The molecule has 1 aliphatic heterocycles. The van der Waals surface area contributed by atoms with Crippen LogP contribution in [-0.4, -0.2) is 41.9 Å². The zero-order chi connectivity index (χ0) is 20.2. The lowest BCUT2D eigenvalue weighted by Gasteiger charge is -2.34. The molecule has 0 aromatic rings. The third-order valence-corrected chi connectivity index (χ3v) is 4.33. The van der Waals surface area contributed by atoms with Crippen LogP contribution in [0.3, 0.4) is 0 Å². The second kappa shape index (κ2) is 12.5. The van der Waals surface area contributed by atoms with Gasteiger partial charge in [0.25, 0.3) is 0 Å². The topological polar surface area (TPSA) is 86.6 Å². The highest BCUT2D eigenvalue weighted by atomic mass is 19.4. The van der Waals surface area contributed by atoms with Gasteiger partial charge in [-0.2, -0.15) is 13.2 Å². The number of halogens is 3. The lowest BCUT2D eigenvalue weighted by molar-refractivity contribution is -0.148. The molecule has 2 atom stereocenters. The van der Waals surface area contributed by atoms with Crippen LogP contribution in [0.15, 0.2) is 23.8 Å². The Balaban J connectivity index is 0.000000566. The predicted molar refractivity (Wildman–Crippen MR) is 92.8 cm³/mol. The minimum absolute atomic E-state index is 0.200. The van der Waals surface area contributed by atoms with Gasteiger partial charge in [-0.1, -0.05) is 38.0 Å². The van der Waals surface area contributed by atoms with E-state index in [-0.39, 0.29) is 5.57 Å². The largest absolute Gasteiger partial charge is 0.481 e. The Hall–Kier alpha value is -1.83. The summed E-state index contributed by atoms with van der Waals surface area (Å²) < 4.78 is 29.0. The van der Waals surface area contributed by atoms with Gasteiger partial charge in [0.1, 0.15) is 0 Å². The van der Waals surface area contributed by atoms with Crippen LogP contribution < -0.4 is 5.32 Å². The molecule has 150 valence electrons. The molecule has 3 N–H and O–H groups in total. The van der Waals surface area contributed by atoms with Crippen molar-refractivity contribution in [3.05, 3.63) is 23.8 Å². The first-order valence-electron chi connectivity index (χ1n) is 8.65. The summed E-state index contributed by atoms with van der Waals surface area (Å²) in [5, 5.41) is 21.6. The number of aliphatic carboxylic acids is 2. The molecule has 0 bridgehead atoms. The molecule has 0 spiro atoms. The standard InChI is InChI=1S/C13H18O4.C4H9N.CHF3/c1-3-4-7-10-9(11(14)15)6-5-8-13(10,2)12(16)17;1-2-4-5-3-1;2-1(3)4/h5-6,8,10H,3-4,7H2,1-2H3,(H,14,15)(H,16,17);5H,1-4H2;1H. The Morgan fingerprint density at radius 1 is 1.27 bits per heavy atom. The van der Waals surface area contributed by atoms with Crippen molar-refractivity contribution in [1.82, 2.24) is 5.32 Å². The Bertz CT molecular complexity index is 494. The first-order valence-corrected chi connectivity index (χ1v) is 8.65. The molecule has 1 fully saturated rings. The molecule has 0 amide bonds. The number of alkyl halides is 3. The van der Waals surface area contributed by atoms with Crippen LogP contribution in [0.25, 0.3) is 0 Å². The normalized spacial score (nSPS) is 24.1. The molecular weight excluding hydrogens is 351 g/mol. The van der Waals surface area contributed by atoms with E-state index in [1.807, 2.05) is 6.92 Å². The molecule has 2 unspecified atom stereocenters. The molecular formula is C18H28F3NO4. The van der Waals surface area contributed by atoms with E-state index in [9.17, 15) is 27.9 Å². The Kier molecular flexibility index (Phi) is 11.6. The van der Waals surface area contributed by atoms with Crippen molar-refractivity contribution in [2.24, 2.45) is 11.3 Å². The molecule has 8 heteroatoms. The quantitative estimate of drug-likeness (QED) is 0.672. The van der Waals surface area contributed by atoms with Crippen molar-refractivity contribution >= 4 is 11.9 Å². The number of nitrogens with one attached hydrogen (secondary N) is 1. The highest BCUT2D eigenvalue weighted by molar-refractivity contribution is 5.91. The van der Waals surface area contributed by atoms with Crippen molar-refractivity contribution in [3.8, 4) is 0 Å². The van der Waals surface area contributed by atoms with E-state index < -0.39 is 30.0 Å². The number of hydrogen-bond acceptors (Lipinski definition) is 3. The summed E-state index contributed by atoms with van der Waals surface area (Å²) in [5.41, 5.74) is -0.914. The maximum absolute atomic E-state index is 11.3. The van der Waals surface area contributed by atoms with Gasteiger partial charge in [-0.05, 0) is 39.3 Å². The minimum atomic E-state index is -3.67. The SMILES string of the molecule is C1CCNC1.CCCCC1C(C(=O)O)=CC=CC1(C)C(=O)O.FC(F)F. The predicted octanol–water partition coefficient (Wildman–Crippen LogP) is 4.01. The second-order valence-electron chi connectivity index (χ2n) is 6.27. The Labute approximate surface area is 152 Å². The van der Waals surface area contributed by atoms with Crippen molar-refractivity contribution in [1.29, 1.82) is 0 Å². The van der Waals surface area contributed by atoms with E-state index in [1.54, 1.807) is 13.0 Å². The van der Waals surface area contributed by atoms with Crippen LogP contribution >= 0.6 is 0 Å². The van der Waals surface area contributed by atoms with Gasteiger partial charge in [-0.3, -0.25) is 4.79 Å². The summed E-state index contributed by atoms with van der Waals surface area (Å²) >= 11 is 0. The molecule has 1 aliphatic carbocycles. The molecule has 2 aliphatic rings. The first kappa shape index (κ1) is 24.2. The van der Waals surface area contributed by atoms with E-state index in [0.29, 0.717) is 6.42 Å². The van der Waals surface area contributed by atoms with Gasteiger partial charge in [0, 0.05) is 11.5 Å². The monoisotopic (exact) mass is 379 g/mol. The molecule has 0 aromatic heterocycles. The van der Waals surface area contributed by atoms with E-state index >= 15 is 0 Å². The average molecular weight is 379 g/mol. The minimum Gasteiger partial charge on any atom is -0.481 e. The molecule has 26 heavy (non-hydrogen) atoms. The average Bonchev–Trinajstić information content (AvgIpc) is 3.12. The fourth-order valence-corrected chi connectivity index (χ4v) is 2.84. The van der Waals surface area contributed by atoms with Gasteiger partial charge in [-0.15, -0.1) is 0 Å². The van der Waals surface area contributed by atoms with Gasteiger partial charge < -0.3 is 15.5 Å². The van der Waals surface area contributed by atoms with E-state index in [4.69, 9.17) is 5.11 Å². The fourth-order valence-electron chi connectivity index (χ4n) is 2.84. The molecule has 0 radical (unpaired) electrons. The number of unbranched alkanes of at least 4 members (excludes halogenated alkanes) is 1. The summed E-state index contributed by atoms with van der Waals surface area (Å²) in [7, 11) is 0. The smallest absolute Gasteiger partial charge is 0.379 e. The van der Waals surface area contributed by atoms with Crippen LogP contribution in [0.2, 0.25) is 0 Å². The molecule has 0 aromatic carbocycles. The van der Waals surface area contributed by atoms with Gasteiger partial charge in [0.2, 0.25) is 0 Å². The number of carboxylic acids is 2. The summed E-state index contributed by atoms with van der Waals surface area (Å²) in [6, 6.07) is 0. The molecule has 1 saturated heterocycles. The fraction of sp³-hybridized carbons (Fsp3) is 0.667. The number of allylic oxidation sites excluding steroid dienone is 2. The first-order chi connectivity index (χ1) is 12.2. The zero-order valence-electron chi connectivity index (χ0n) is 15.2. The van der Waals surface area contributed by atoms with E-state index in [0.717, 1.165) is 12.8 Å². The van der Waals surface area contributed by atoms with Crippen molar-refractivity contribution in [2.75, 3.05) is 13.1 Å². The van der Waals surface area contributed by atoms with Crippen molar-refractivity contribution < 1.29 is 33.0 Å². The number of carbonyl (C=O) groups is 2. The highest BCUT2D eigenvalue weighted by Crippen LogP contribution is 2.41. The Morgan fingerprint density at radius 3 is 2.15 bits per heavy atom. The van der Waals surface area contributed by atoms with Crippen LogP contribution in [0, 0.1) is 11.3 Å². The molecule has 5 nitrogen and oxygen atoms in total. The van der Waals surface area contributed by atoms with Gasteiger partial charge in [0.15, 0.2) is 0 Å². The lowest BCUT2D eigenvalue weighted by Crippen LogP contribution is -2.38. The van der Waals surface area contributed by atoms with Crippen LogP contribution in [-0.2, 0) is 9.59 Å². The van der Waals surface area contributed by atoms with Crippen molar-refractivity contribution in [2.45, 2.75) is 52.6 Å². The number of hydrogen-bond donors (Lipinski definition) is 3. The highest BCUT2D eigenvalue weighted by Gasteiger charge is 2.43. The van der Waals surface area contributed by atoms with Gasteiger partial charge >= 0.3 is 18.6 Å². The molecule has 2 rings (SSSR count). The summed E-state index contributed by atoms with van der Waals surface area (Å²) in [5.74, 6) is -2.45. The van der Waals surface area contributed by atoms with Crippen molar-refractivity contribution in [3.63, 3.8) is 0 Å². The lowest BCUT2D eigenvalue weighted by atomic mass is 9.68. The molecule has 1 heterocycles. The van der Waals surface area contributed by atoms with E-state index in [2.05, 4.69) is 5.32 Å².